The van der Waals surface area contributed by atoms with Crippen LogP contribution in [0.2, 0.25) is 5.02 Å². The van der Waals surface area contributed by atoms with E-state index in [1.165, 1.54) is 16.0 Å². The van der Waals surface area contributed by atoms with Gasteiger partial charge in [0.15, 0.2) is 10.9 Å². The van der Waals surface area contributed by atoms with Crippen LogP contribution in [0.25, 0.3) is 11.3 Å². The first-order chi connectivity index (χ1) is 13.6. The molecule has 4 nitrogen and oxygen atoms in total. The highest BCUT2D eigenvalue weighted by Gasteiger charge is 2.12. The molecule has 140 valence electrons. The Balaban J connectivity index is 1.59. The molecule has 0 bridgehead atoms. The Morgan fingerprint density at radius 2 is 1.86 bits per heavy atom. The first kappa shape index (κ1) is 18.9. The molecule has 0 spiro atoms. The number of aromatic nitrogens is 3. The first-order valence-electron chi connectivity index (χ1n) is 8.63. The molecule has 28 heavy (non-hydrogen) atoms. The number of aryl methyl sites for hydroxylation is 2. The van der Waals surface area contributed by atoms with Crippen LogP contribution in [0.4, 0.5) is 10.9 Å². The molecular formula is C21H17ClN4S2. The van der Waals surface area contributed by atoms with Crippen LogP contribution in [-0.2, 0) is 0 Å². The second kappa shape index (κ2) is 8.31. The zero-order valence-corrected chi connectivity index (χ0v) is 17.7. The molecule has 0 atom stereocenters. The molecule has 0 fully saturated rings. The molecular weight excluding hydrogens is 408 g/mol. The van der Waals surface area contributed by atoms with Gasteiger partial charge in [-0.1, -0.05) is 35.5 Å². The van der Waals surface area contributed by atoms with Crippen molar-refractivity contribution < 1.29 is 0 Å². The Morgan fingerprint density at radius 3 is 2.57 bits per heavy atom. The van der Waals surface area contributed by atoms with Gasteiger partial charge in [0.05, 0.1) is 16.9 Å². The predicted molar refractivity (Wildman–Crippen MR) is 118 cm³/mol. The normalized spacial score (nSPS) is 10.8. The zero-order valence-electron chi connectivity index (χ0n) is 15.3. The fourth-order valence-corrected chi connectivity index (χ4v) is 4.78. The summed E-state index contributed by atoms with van der Waals surface area (Å²) >= 11 is 9.58. The summed E-state index contributed by atoms with van der Waals surface area (Å²) < 4.78 is 0. The quantitative estimate of drug-likeness (QED) is 0.383. The van der Waals surface area contributed by atoms with Crippen LogP contribution in [0.15, 0.2) is 70.2 Å². The van der Waals surface area contributed by atoms with Crippen LogP contribution in [0.1, 0.15) is 11.1 Å². The van der Waals surface area contributed by atoms with Gasteiger partial charge in [0.25, 0.3) is 0 Å². The third kappa shape index (κ3) is 4.19. The van der Waals surface area contributed by atoms with E-state index in [1.807, 2.05) is 29.6 Å². The molecule has 2 aromatic carbocycles. The lowest BCUT2D eigenvalue weighted by Gasteiger charge is -2.12. The molecule has 4 rings (SSSR count). The molecule has 0 aliphatic carbocycles. The van der Waals surface area contributed by atoms with Crippen LogP contribution in [0, 0.1) is 13.8 Å². The van der Waals surface area contributed by atoms with E-state index in [9.17, 15) is 0 Å². The molecule has 0 saturated carbocycles. The van der Waals surface area contributed by atoms with Crippen molar-refractivity contribution >= 4 is 45.6 Å². The van der Waals surface area contributed by atoms with Crippen molar-refractivity contribution in [2.24, 2.45) is 0 Å². The smallest absolute Gasteiger partial charge is 0.188 e. The number of nitrogens with zero attached hydrogens (tertiary/aromatic N) is 3. The van der Waals surface area contributed by atoms with Crippen LogP contribution >= 0.6 is 34.7 Å². The van der Waals surface area contributed by atoms with Crippen LogP contribution < -0.4 is 5.32 Å². The maximum absolute atomic E-state index is 6.33. The van der Waals surface area contributed by atoms with Gasteiger partial charge in [-0.15, -0.1) is 11.3 Å². The Bertz CT molecular complexity index is 1090. The number of rotatable bonds is 5. The van der Waals surface area contributed by atoms with Gasteiger partial charge in [-0.2, -0.15) is 0 Å². The van der Waals surface area contributed by atoms with E-state index in [4.69, 9.17) is 16.6 Å². The van der Waals surface area contributed by atoms with Gasteiger partial charge >= 0.3 is 0 Å². The Labute approximate surface area is 177 Å². The van der Waals surface area contributed by atoms with Crippen molar-refractivity contribution in [2.45, 2.75) is 23.6 Å². The lowest BCUT2D eigenvalue weighted by molar-refractivity contribution is 1.19. The number of hydrogen-bond acceptors (Lipinski definition) is 6. The third-order valence-electron chi connectivity index (χ3n) is 4.11. The molecule has 4 aromatic rings. The minimum atomic E-state index is 0.683. The maximum atomic E-state index is 6.33. The van der Waals surface area contributed by atoms with Crippen molar-refractivity contribution in [1.82, 2.24) is 15.0 Å². The minimum absolute atomic E-state index is 0.683. The van der Waals surface area contributed by atoms with Gasteiger partial charge in [-0.05, 0) is 49.2 Å². The molecule has 2 aromatic heterocycles. The second-order valence-corrected chi connectivity index (χ2v) is 8.54. The summed E-state index contributed by atoms with van der Waals surface area (Å²) in [4.78, 5) is 15.3. The topological polar surface area (TPSA) is 50.7 Å². The van der Waals surface area contributed by atoms with E-state index >= 15 is 0 Å². The van der Waals surface area contributed by atoms with E-state index in [-0.39, 0.29) is 0 Å². The highest BCUT2D eigenvalue weighted by molar-refractivity contribution is 7.99. The zero-order chi connectivity index (χ0) is 19.5. The van der Waals surface area contributed by atoms with Gasteiger partial charge in [0.1, 0.15) is 0 Å². The molecule has 0 saturated heterocycles. The summed E-state index contributed by atoms with van der Waals surface area (Å²) in [6.45, 7) is 4.25. The van der Waals surface area contributed by atoms with Crippen molar-refractivity contribution in [3.8, 4) is 11.3 Å². The van der Waals surface area contributed by atoms with Gasteiger partial charge < -0.3 is 5.32 Å². The van der Waals surface area contributed by atoms with E-state index in [1.54, 1.807) is 41.7 Å². The summed E-state index contributed by atoms with van der Waals surface area (Å²) in [7, 11) is 0. The van der Waals surface area contributed by atoms with Crippen LogP contribution in [0.5, 0.6) is 0 Å². The summed E-state index contributed by atoms with van der Waals surface area (Å²) in [6.07, 6.45) is 4.97. The van der Waals surface area contributed by atoms with Gasteiger partial charge in [-0.3, -0.25) is 4.98 Å². The van der Waals surface area contributed by atoms with E-state index < -0.39 is 0 Å². The molecule has 1 N–H and O–H groups in total. The number of halogens is 1. The van der Waals surface area contributed by atoms with E-state index in [2.05, 4.69) is 41.3 Å². The average molecular weight is 425 g/mol. The van der Waals surface area contributed by atoms with Crippen molar-refractivity contribution in [2.75, 3.05) is 5.32 Å². The SMILES string of the molecule is Cc1cc(-c2csc(Nc3cnccn3)n2)cc(C)c1Sc1ccccc1Cl. The molecule has 0 aliphatic rings. The summed E-state index contributed by atoms with van der Waals surface area (Å²) in [5, 5.41) is 6.80. The maximum Gasteiger partial charge on any atom is 0.188 e. The lowest BCUT2D eigenvalue weighted by Crippen LogP contribution is -1.93. The molecule has 0 radical (unpaired) electrons. The van der Waals surface area contributed by atoms with Crippen molar-refractivity contribution in [3.63, 3.8) is 0 Å². The monoisotopic (exact) mass is 424 g/mol. The number of thiazole rings is 1. The Kier molecular flexibility index (Phi) is 5.62. The summed E-state index contributed by atoms with van der Waals surface area (Å²) in [5.41, 5.74) is 4.45. The standard InChI is InChI=1S/C21H17ClN4S2/c1-13-9-15(10-14(2)20(13)28-18-6-4-3-5-16(18)22)17-12-27-21(25-17)26-19-11-23-7-8-24-19/h3-12H,1-2H3,(H,24,25,26). The lowest BCUT2D eigenvalue weighted by atomic mass is 10.1. The van der Waals surface area contributed by atoms with Crippen molar-refractivity contribution in [1.29, 1.82) is 0 Å². The summed E-state index contributed by atoms with van der Waals surface area (Å²) in [5.74, 6) is 0.683. The molecule has 0 amide bonds. The predicted octanol–water partition coefficient (Wildman–Crippen LogP) is 6.77. The second-order valence-electron chi connectivity index (χ2n) is 6.23. The van der Waals surface area contributed by atoms with Gasteiger partial charge in [0, 0.05) is 33.1 Å². The molecule has 2 heterocycles. The molecule has 0 aliphatic heterocycles. The van der Waals surface area contributed by atoms with E-state index in [0.29, 0.717) is 5.82 Å². The molecule has 7 heteroatoms. The number of anilines is 2. The van der Waals surface area contributed by atoms with Crippen LogP contribution in [-0.4, -0.2) is 15.0 Å². The molecule has 0 unspecified atom stereocenters. The fourth-order valence-electron chi connectivity index (χ4n) is 2.83. The van der Waals surface area contributed by atoms with Gasteiger partial charge in [0.2, 0.25) is 0 Å². The van der Waals surface area contributed by atoms with Crippen LogP contribution in [0.3, 0.4) is 0 Å². The first-order valence-corrected chi connectivity index (χ1v) is 10.7. The van der Waals surface area contributed by atoms with Gasteiger partial charge in [-0.25, -0.2) is 9.97 Å². The summed E-state index contributed by atoms with van der Waals surface area (Å²) in [6, 6.07) is 12.3. The Morgan fingerprint density at radius 1 is 1.07 bits per heavy atom. The number of nitrogens with one attached hydrogen (secondary N) is 1. The number of benzene rings is 2. The van der Waals surface area contributed by atoms with Crippen molar-refractivity contribution in [3.05, 3.63) is 76.5 Å². The van der Waals surface area contributed by atoms with E-state index in [0.717, 1.165) is 26.3 Å². The number of hydrogen-bond donors (Lipinski definition) is 1. The highest BCUT2D eigenvalue weighted by Crippen LogP contribution is 2.39. The average Bonchev–Trinajstić information content (AvgIpc) is 3.15. The largest absolute Gasteiger partial charge is 0.315 e. The fraction of sp³-hybridized carbons (Fsp3) is 0.0952. The highest BCUT2D eigenvalue weighted by atomic mass is 35.5. The Hall–Kier alpha value is -2.41. The minimum Gasteiger partial charge on any atom is -0.315 e. The third-order valence-corrected chi connectivity index (χ3v) is 6.73.